The van der Waals surface area contributed by atoms with Crippen LogP contribution >= 0.6 is 0 Å². The summed E-state index contributed by atoms with van der Waals surface area (Å²) in [4.78, 5) is 2.30. The first-order valence-electron chi connectivity index (χ1n) is 14.0. The molecule has 2 aromatic heterocycles. The summed E-state index contributed by atoms with van der Waals surface area (Å²) < 4.78 is 4.67. The van der Waals surface area contributed by atoms with Crippen LogP contribution in [0.2, 0.25) is 0 Å². The molecule has 0 saturated heterocycles. The molecule has 3 heteroatoms. The lowest BCUT2D eigenvalue weighted by Crippen LogP contribution is -2.09. The summed E-state index contributed by atoms with van der Waals surface area (Å²) >= 11 is 0. The van der Waals surface area contributed by atoms with Gasteiger partial charge in [-0.15, -0.1) is 0 Å². The first-order chi connectivity index (χ1) is 20.3. The lowest BCUT2D eigenvalue weighted by Gasteiger charge is -2.25. The van der Waals surface area contributed by atoms with Crippen molar-refractivity contribution in [1.29, 1.82) is 0 Å². The van der Waals surface area contributed by atoms with Crippen LogP contribution in [0.15, 0.2) is 164 Å². The van der Waals surface area contributed by atoms with Crippen molar-refractivity contribution in [3.8, 4) is 11.4 Å². The van der Waals surface area contributed by atoms with Gasteiger partial charge in [0.05, 0.1) is 16.6 Å². The first-order valence-corrected chi connectivity index (χ1v) is 14.0. The summed E-state index contributed by atoms with van der Waals surface area (Å²) in [6, 6.07) is 56.2. The van der Waals surface area contributed by atoms with Gasteiger partial charge in [0.2, 0.25) is 0 Å². The largest absolute Gasteiger partial charge is 0.316 e. The molecule has 194 valence electrons. The maximum absolute atomic E-state index is 2.39. The van der Waals surface area contributed by atoms with E-state index in [0.29, 0.717) is 0 Å². The summed E-state index contributed by atoms with van der Waals surface area (Å²) in [5.74, 6) is 0. The standard InChI is InChI=1S/C38H27N3/c1-4-12-29(13-5-1)39-25-24-28-26-35-34-18-10-11-19-36(34)41(38(35)27-37(28)39)33-22-20-32(21-23-33)40(30-14-6-2-7-15-30)31-16-8-3-9-17-31/h1-27H. The molecule has 0 aliphatic rings. The number of aromatic nitrogens is 2. The fourth-order valence-electron chi connectivity index (χ4n) is 6.04. The Labute approximate surface area is 238 Å². The van der Waals surface area contributed by atoms with Crippen LogP contribution in [0.25, 0.3) is 44.1 Å². The fourth-order valence-corrected chi connectivity index (χ4v) is 6.04. The second kappa shape index (κ2) is 9.58. The molecule has 2 heterocycles. The van der Waals surface area contributed by atoms with Gasteiger partial charge >= 0.3 is 0 Å². The summed E-state index contributed by atoms with van der Waals surface area (Å²) in [6.45, 7) is 0. The highest BCUT2D eigenvalue weighted by Crippen LogP contribution is 2.38. The highest BCUT2D eigenvalue weighted by Gasteiger charge is 2.16. The molecule has 0 atom stereocenters. The van der Waals surface area contributed by atoms with E-state index in [9.17, 15) is 0 Å². The lowest BCUT2D eigenvalue weighted by atomic mass is 10.1. The Morgan fingerprint density at radius 1 is 0.390 bits per heavy atom. The second-order valence-electron chi connectivity index (χ2n) is 10.3. The first kappa shape index (κ1) is 23.4. The zero-order valence-corrected chi connectivity index (χ0v) is 22.4. The molecule has 0 fully saturated rings. The summed E-state index contributed by atoms with van der Waals surface area (Å²) in [5, 5.41) is 3.76. The molecule has 0 amide bonds. The molecule has 0 aliphatic carbocycles. The summed E-state index contributed by atoms with van der Waals surface area (Å²) in [7, 11) is 0. The molecule has 3 nitrogen and oxygen atoms in total. The number of rotatable bonds is 5. The van der Waals surface area contributed by atoms with E-state index in [1.807, 2.05) is 0 Å². The molecule has 6 aromatic carbocycles. The van der Waals surface area contributed by atoms with Crippen LogP contribution in [0, 0.1) is 0 Å². The molecular formula is C38H27N3. The number of para-hydroxylation sites is 4. The van der Waals surface area contributed by atoms with E-state index in [-0.39, 0.29) is 0 Å². The molecule has 0 radical (unpaired) electrons. The van der Waals surface area contributed by atoms with E-state index in [2.05, 4.69) is 178 Å². The third-order valence-corrected chi connectivity index (χ3v) is 7.91. The number of benzene rings is 6. The normalized spacial score (nSPS) is 11.4. The smallest absolute Gasteiger partial charge is 0.0562 e. The van der Waals surface area contributed by atoms with Crippen LogP contribution in [0.5, 0.6) is 0 Å². The zero-order valence-electron chi connectivity index (χ0n) is 22.4. The van der Waals surface area contributed by atoms with Gasteiger partial charge < -0.3 is 14.0 Å². The Kier molecular flexibility index (Phi) is 5.46. The Hall–Kier alpha value is -5.54. The number of fused-ring (bicyclic) bond motifs is 4. The molecular weight excluding hydrogens is 498 g/mol. The van der Waals surface area contributed by atoms with E-state index in [4.69, 9.17) is 0 Å². The van der Waals surface area contributed by atoms with Gasteiger partial charge in [0.15, 0.2) is 0 Å². The van der Waals surface area contributed by atoms with E-state index < -0.39 is 0 Å². The van der Waals surface area contributed by atoms with E-state index in [0.717, 1.165) is 28.4 Å². The molecule has 8 rings (SSSR count). The van der Waals surface area contributed by atoms with Crippen LogP contribution in [-0.2, 0) is 0 Å². The fraction of sp³-hybridized carbons (Fsp3) is 0. The Morgan fingerprint density at radius 2 is 0.976 bits per heavy atom. The van der Waals surface area contributed by atoms with E-state index >= 15 is 0 Å². The van der Waals surface area contributed by atoms with Gasteiger partial charge in [0, 0.05) is 50.8 Å². The predicted molar refractivity (Wildman–Crippen MR) is 172 cm³/mol. The average Bonchev–Trinajstić information content (AvgIpc) is 3.60. The van der Waals surface area contributed by atoms with Gasteiger partial charge in [0.25, 0.3) is 0 Å². The third kappa shape index (κ3) is 3.90. The maximum Gasteiger partial charge on any atom is 0.0562 e. The summed E-state index contributed by atoms with van der Waals surface area (Å²) in [5.41, 5.74) is 9.28. The van der Waals surface area contributed by atoms with Crippen molar-refractivity contribution in [3.63, 3.8) is 0 Å². The predicted octanol–water partition coefficient (Wildman–Crippen LogP) is 10.2. The van der Waals surface area contributed by atoms with Crippen LogP contribution in [-0.4, -0.2) is 9.13 Å². The number of anilines is 3. The second-order valence-corrected chi connectivity index (χ2v) is 10.3. The minimum absolute atomic E-state index is 1.12. The highest BCUT2D eigenvalue weighted by atomic mass is 15.1. The minimum atomic E-state index is 1.12. The number of hydrogen-bond donors (Lipinski definition) is 0. The van der Waals surface area contributed by atoms with E-state index in [1.54, 1.807) is 0 Å². The summed E-state index contributed by atoms with van der Waals surface area (Å²) in [6.07, 6.45) is 2.17. The number of nitrogens with zero attached hydrogens (tertiary/aromatic N) is 3. The Morgan fingerprint density at radius 3 is 1.66 bits per heavy atom. The van der Waals surface area contributed by atoms with E-state index in [1.165, 1.54) is 32.7 Å². The topological polar surface area (TPSA) is 13.1 Å². The van der Waals surface area contributed by atoms with Gasteiger partial charge in [-0.25, -0.2) is 0 Å². The molecule has 41 heavy (non-hydrogen) atoms. The van der Waals surface area contributed by atoms with Gasteiger partial charge in [-0.1, -0.05) is 72.8 Å². The average molecular weight is 526 g/mol. The van der Waals surface area contributed by atoms with Gasteiger partial charge in [-0.05, 0) is 84.9 Å². The van der Waals surface area contributed by atoms with Crippen molar-refractivity contribution in [2.45, 2.75) is 0 Å². The minimum Gasteiger partial charge on any atom is -0.316 e. The molecule has 0 spiro atoms. The van der Waals surface area contributed by atoms with Crippen molar-refractivity contribution in [2.75, 3.05) is 4.90 Å². The highest BCUT2D eigenvalue weighted by molar-refractivity contribution is 6.13. The zero-order chi connectivity index (χ0) is 27.2. The Balaban J connectivity index is 1.31. The van der Waals surface area contributed by atoms with Crippen molar-refractivity contribution in [2.24, 2.45) is 0 Å². The van der Waals surface area contributed by atoms with Gasteiger partial charge in [0.1, 0.15) is 0 Å². The van der Waals surface area contributed by atoms with Crippen LogP contribution in [0.3, 0.4) is 0 Å². The molecule has 0 bridgehead atoms. The van der Waals surface area contributed by atoms with Crippen molar-refractivity contribution >= 4 is 49.8 Å². The third-order valence-electron chi connectivity index (χ3n) is 7.91. The quantitative estimate of drug-likeness (QED) is 0.218. The van der Waals surface area contributed by atoms with Crippen LogP contribution in [0.4, 0.5) is 17.1 Å². The van der Waals surface area contributed by atoms with Crippen molar-refractivity contribution < 1.29 is 0 Å². The molecule has 8 aromatic rings. The lowest BCUT2D eigenvalue weighted by molar-refractivity contribution is 1.12. The number of hydrogen-bond acceptors (Lipinski definition) is 1. The van der Waals surface area contributed by atoms with Crippen molar-refractivity contribution in [3.05, 3.63) is 164 Å². The van der Waals surface area contributed by atoms with Crippen molar-refractivity contribution in [1.82, 2.24) is 9.13 Å². The Bertz CT molecular complexity index is 2080. The monoisotopic (exact) mass is 525 g/mol. The SMILES string of the molecule is c1ccc(N(c2ccccc2)c2ccc(-n3c4ccccc4c4cc5ccn(-c6ccccc6)c5cc43)cc2)cc1. The van der Waals surface area contributed by atoms with Crippen LogP contribution < -0.4 is 4.90 Å². The molecule has 0 aliphatic heterocycles. The molecule has 0 unspecified atom stereocenters. The maximum atomic E-state index is 2.39. The van der Waals surface area contributed by atoms with Gasteiger partial charge in [-0.3, -0.25) is 0 Å². The molecule has 0 saturated carbocycles. The van der Waals surface area contributed by atoms with Gasteiger partial charge in [-0.2, -0.15) is 0 Å². The molecule has 0 N–H and O–H groups in total. The van der Waals surface area contributed by atoms with Crippen LogP contribution in [0.1, 0.15) is 0 Å².